The average Bonchev–Trinajstić information content (AvgIpc) is 2.40. The number of nitrogens with zero attached hydrogens (tertiary/aromatic N) is 2. The van der Waals surface area contributed by atoms with Crippen LogP contribution in [-0.2, 0) is 0 Å². The van der Waals surface area contributed by atoms with Crippen molar-refractivity contribution >= 4 is 17.1 Å². The van der Waals surface area contributed by atoms with Crippen molar-refractivity contribution in [2.75, 3.05) is 43.1 Å². The number of phenols is 1. The van der Waals surface area contributed by atoms with Gasteiger partial charge in [0.05, 0.1) is 18.1 Å². The van der Waals surface area contributed by atoms with E-state index in [9.17, 15) is 15.2 Å². The minimum Gasteiger partial charge on any atom is -0.506 e. The van der Waals surface area contributed by atoms with E-state index >= 15 is 0 Å². The predicted molar refractivity (Wildman–Crippen MR) is 75.3 cm³/mol. The van der Waals surface area contributed by atoms with Gasteiger partial charge in [0, 0.05) is 19.6 Å². The van der Waals surface area contributed by atoms with Gasteiger partial charge >= 0.3 is 5.69 Å². The molecule has 112 valence electrons. The van der Waals surface area contributed by atoms with Crippen LogP contribution in [0.5, 0.6) is 5.75 Å². The number of aromatic hydroxyl groups is 1. The molecule has 0 atom stereocenters. The molecule has 4 N–H and O–H groups in total. The van der Waals surface area contributed by atoms with Crippen molar-refractivity contribution in [1.29, 1.82) is 0 Å². The number of anilines is 2. The van der Waals surface area contributed by atoms with Gasteiger partial charge in [0.15, 0.2) is 5.69 Å². The van der Waals surface area contributed by atoms with Crippen molar-refractivity contribution in [1.82, 2.24) is 0 Å². The van der Waals surface area contributed by atoms with Crippen molar-refractivity contribution in [2.24, 2.45) is 0 Å². The fourth-order valence-electron chi connectivity index (χ4n) is 1.95. The van der Waals surface area contributed by atoms with Crippen molar-refractivity contribution in [3.05, 3.63) is 22.2 Å². The minimum absolute atomic E-state index is 0.0379. The van der Waals surface area contributed by atoms with Gasteiger partial charge in [-0.2, -0.15) is 0 Å². The Balaban J connectivity index is 3.36. The summed E-state index contributed by atoms with van der Waals surface area (Å²) < 4.78 is 0. The summed E-state index contributed by atoms with van der Waals surface area (Å²) in [6.07, 6.45) is 0. The molecule has 0 aromatic heterocycles. The quantitative estimate of drug-likeness (QED) is 0.312. The number of aliphatic hydroxyl groups excluding tert-OH is 2. The third-order valence-corrected chi connectivity index (χ3v) is 2.75. The molecule has 0 aliphatic rings. The lowest BCUT2D eigenvalue weighted by atomic mass is 10.2. The third kappa shape index (κ3) is 3.49. The van der Waals surface area contributed by atoms with E-state index < -0.39 is 4.92 Å². The second-order valence-corrected chi connectivity index (χ2v) is 4.05. The fraction of sp³-hybridized carbons (Fsp3) is 0.500. The van der Waals surface area contributed by atoms with Crippen molar-refractivity contribution in [3.8, 4) is 5.75 Å². The molecule has 0 amide bonds. The first-order chi connectivity index (χ1) is 9.56. The first kappa shape index (κ1) is 16.0. The van der Waals surface area contributed by atoms with Crippen LogP contribution in [0.1, 0.15) is 6.92 Å². The Morgan fingerprint density at radius 2 is 1.90 bits per heavy atom. The van der Waals surface area contributed by atoms with Crippen LogP contribution in [0, 0.1) is 10.1 Å². The Morgan fingerprint density at radius 3 is 2.35 bits per heavy atom. The standard InChI is InChI=1S/C12H19N3O5/c1-2-13-11-10(18)4-3-9(12(11)15(19)20)14(5-7-16)6-8-17/h3-4,13,16-18H,2,5-8H2,1H3. The van der Waals surface area contributed by atoms with Crippen LogP contribution in [0.25, 0.3) is 0 Å². The first-order valence-electron chi connectivity index (χ1n) is 6.27. The zero-order valence-electron chi connectivity index (χ0n) is 11.2. The summed E-state index contributed by atoms with van der Waals surface area (Å²) >= 11 is 0. The summed E-state index contributed by atoms with van der Waals surface area (Å²) in [5.41, 5.74) is 0.0106. The van der Waals surface area contributed by atoms with Gasteiger partial charge in [-0.25, -0.2) is 0 Å². The number of phenolic OH excluding ortho intramolecular Hbond substituents is 1. The SMILES string of the molecule is CCNc1c(O)ccc(N(CCO)CCO)c1[N+](=O)[O-]. The van der Waals surface area contributed by atoms with Crippen LogP contribution in [0.4, 0.5) is 17.1 Å². The zero-order valence-corrected chi connectivity index (χ0v) is 11.2. The topological polar surface area (TPSA) is 119 Å². The lowest BCUT2D eigenvalue weighted by molar-refractivity contribution is -0.383. The Morgan fingerprint density at radius 1 is 1.30 bits per heavy atom. The number of benzene rings is 1. The molecular formula is C12H19N3O5. The van der Waals surface area contributed by atoms with Gasteiger partial charge in [-0.1, -0.05) is 0 Å². The number of nitro groups is 1. The van der Waals surface area contributed by atoms with Crippen LogP contribution in [0.15, 0.2) is 12.1 Å². The van der Waals surface area contributed by atoms with Gasteiger partial charge in [0.2, 0.25) is 0 Å². The number of nitro benzene ring substituents is 1. The van der Waals surface area contributed by atoms with Crippen LogP contribution in [-0.4, -0.2) is 53.1 Å². The van der Waals surface area contributed by atoms with Crippen LogP contribution >= 0.6 is 0 Å². The number of aliphatic hydroxyl groups is 2. The molecule has 1 rings (SSSR count). The molecule has 0 aliphatic heterocycles. The van der Waals surface area contributed by atoms with E-state index in [1.165, 1.54) is 17.0 Å². The fourth-order valence-corrected chi connectivity index (χ4v) is 1.95. The average molecular weight is 285 g/mol. The molecule has 0 unspecified atom stereocenters. The van der Waals surface area contributed by atoms with E-state index in [1.54, 1.807) is 6.92 Å². The lowest BCUT2D eigenvalue weighted by Gasteiger charge is -2.23. The highest BCUT2D eigenvalue weighted by molar-refractivity contribution is 5.81. The monoisotopic (exact) mass is 285 g/mol. The molecule has 0 radical (unpaired) electrons. The Labute approximate surface area is 116 Å². The molecule has 0 saturated carbocycles. The van der Waals surface area contributed by atoms with Crippen LogP contribution in [0.2, 0.25) is 0 Å². The molecule has 0 bridgehead atoms. The highest BCUT2D eigenvalue weighted by atomic mass is 16.6. The number of rotatable bonds is 8. The summed E-state index contributed by atoms with van der Waals surface area (Å²) in [5, 5.41) is 41.8. The van der Waals surface area contributed by atoms with Gasteiger partial charge in [-0.05, 0) is 19.1 Å². The molecule has 0 heterocycles. The maximum atomic E-state index is 11.3. The van der Waals surface area contributed by atoms with E-state index in [4.69, 9.17) is 10.2 Å². The van der Waals surface area contributed by atoms with E-state index in [0.717, 1.165) is 0 Å². The number of nitrogens with one attached hydrogen (secondary N) is 1. The predicted octanol–water partition coefficient (Wildman–Crippen LogP) is 0.523. The van der Waals surface area contributed by atoms with Gasteiger partial charge in [-0.15, -0.1) is 0 Å². The highest BCUT2D eigenvalue weighted by Gasteiger charge is 2.26. The highest BCUT2D eigenvalue weighted by Crippen LogP contribution is 2.41. The molecular weight excluding hydrogens is 266 g/mol. The summed E-state index contributed by atoms with van der Waals surface area (Å²) in [4.78, 5) is 12.2. The van der Waals surface area contributed by atoms with Gasteiger partial charge in [-0.3, -0.25) is 10.1 Å². The maximum Gasteiger partial charge on any atom is 0.319 e. The van der Waals surface area contributed by atoms with Crippen molar-refractivity contribution in [3.63, 3.8) is 0 Å². The maximum absolute atomic E-state index is 11.3. The number of hydrogen-bond acceptors (Lipinski definition) is 7. The molecule has 1 aromatic rings. The van der Waals surface area contributed by atoms with E-state index in [0.29, 0.717) is 6.54 Å². The molecule has 8 heteroatoms. The summed E-state index contributed by atoms with van der Waals surface area (Å²) in [6, 6.07) is 2.75. The Hall–Kier alpha value is -2.06. The molecule has 20 heavy (non-hydrogen) atoms. The third-order valence-electron chi connectivity index (χ3n) is 2.75. The van der Waals surface area contributed by atoms with Crippen molar-refractivity contribution < 1.29 is 20.2 Å². The molecule has 8 nitrogen and oxygen atoms in total. The smallest absolute Gasteiger partial charge is 0.319 e. The Kier molecular flexibility index (Phi) is 6.01. The summed E-state index contributed by atoms with van der Waals surface area (Å²) in [5.74, 6) is -0.213. The largest absolute Gasteiger partial charge is 0.506 e. The molecule has 0 aliphatic carbocycles. The van der Waals surface area contributed by atoms with Gasteiger partial charge < -0.3 is 25.5 Å². The molecule has 0 fully saturated rings. The second-order valence-electron chi connectivity index (χ2n) is 4.05. The second kappa shape index (κ2) is 7.51. The molecule has 1 aromatic carbocycles. The minimum atomic E-state index is -0.588. The van der Waals surface area contributed by atoms with Gasteiger partial charge in [0.1, 0.15) is 11.4 Å². The zero-order chi connectivity index (χ0) is 15.1. The van der Waals surface area contributed by atoms with Crippen molar-refractivity contribution in [2.45, 2.75) is 6.92 Å². The van der Waals surface area contributed by atoms with Gasteiger partial charge in [0.25, 0.3) is 0 Å². The van der Waals surface area contributed by atoms with E-state index in [1.807, 2.05) is 0 Å². The van der Waals surface area contributed by atoms with E-state index in [-0.39, 0.29) is 49.1 Å². The summed E-state index contributed by atoms with van der Waals surface area (Å²) in [7, 11) is 0. The summed E-state index contributed by atoms with van der Waals surface area (Å²) in [6.45, 7) is 2.07. The first-order valence-corrected chi connectivity index (χ1v) is 6.27. The Bertz CT molecular complexity index is 461. The lowest BCUT2D eigenvalue weighted by Crippen LogP contribution is -2.30. The van der Waals surface area contributed by atoms with Crippen LogP contribution < -0.4 is 10.2 Å². The van der Waals surface area contributed by atoms with E-state index in [2.05, 4.69) is 5.32 Å². The molecule has 0 saturated heterocycles. The molecule has 0 spiro atoms. The van der Waals surface area contributed by atoms with Crippen LogP contribution in [0.3, 0.4) is 0 Å². The normalized spacial score (nSPS) is 10.3. The number of hydrogen-bond donors (Lipinski definition) is 4.